The molecule has 19 heavy (non-hydrogen) atoms. The van der Waals surface area contributed by atoms with E-state index in [0.29, 0.717) is 6.07 Å². The van der Waals surface area contributed by atoms with Crippen LogP contribution in [0, 0.1) is 17.5 Å². The van der Waals surface area contributed by atoms with E-state index in [1.54, 1.807) is 0 Å². The van der Waals surface area contributed by atoms with Crippen molar-refractivity contribution in [3.05, 3.63) is 29.1 Å². The zero-order valence-electron chi connectivity index (χ0n) is 10.3. The molecule has 0 fully saturated rings. The summed E-state index contributed by atoms with van der Waals surface area (Å²) in [7, 11) is 0.931. The lowest BCUT2D eigenvalue weighted by atomic mass is 10.1. The van der Waals surface area contributed by atoms with E-state index in [1.807, 2.05) is 0 Å². The molecule has 1 rings (SSSR count). The number of carbonyl (C=O) groups excluding carboxylic acids is 2. The van der Waals surface area contributed by atoms with Gasteiger partial charge in [0.05, 0.1) is 19.3 Å². The third-order valence-electron chi connectivity index (χ3n) is 2.23. The number of methoxy groups -OCH3 is 1. The van der Waals surface area contributed by atoms with E-state index in [9.17, 15) is 22.8 Å². The highest BCUT2D eigenvalue weighted by Gasteiger charge is 2.24. The van der Waals surface area contributed by atoms with Gasteiger partial charge in [-0.25, -0.2) is 8.78 Å². The molecule has 0 N–H and O–H groups in total. The molecule has 0 unspecified atom stereocenters. The van der Waals surface area contributed by atoms with Gasteiger partial charge >= 0.3 is 5.97 Å². The predicted octanol–water partition coefficient (Wildman–Crippen LogP) is 2.25. The zero-order valence-corrected chi connectivity index (χ0v) is 10.3. The van der Waals surface area contributed by atoms with Crippen LogP contribution in [0.15, 0.2) is 6.07 Å². The lowest BCUT2D eigenvalue weighted by Crippen LogP contribution is -2.14. The van der Waals surface area contributed by atoms with Crippen molar-refractivity contribution in [2.45, 2.75) is 13.3 Å². The summed E-state index contributed by atoms with van der Waals surface area (Å²) in [5.74, 6) is -7.23. The normalized spacial score (nSPS) is 10.2. The van der Waals surface area contributed by atoms with Gasteiger partial charge in [0, 0.05) is 0 Å². The van der Waals surface area contributed by atoms with Gasteiger partial charge in [0.1, 0.15) is 6.42 Å². The molecule has 7 heteroatoms. The van der Waals surface area contributed by atoms with Crippen LogP contribution in [0.25, 0.3) is 0 Å². The maximum atomic E-state index is 13.7. The molecule has 0 spiro atoms. The fraction of sp³-hybridized carbons (Fsp3) is 0.333. The van der Waals surface area contributed by atoms with Crippen LogP contribution in [0.3, 0.4) is 0 Å². The van der Waals surface area contributed by atoms with E-state index >= 15 is 0 Å². The summed E-state index contributed by atoms with van der Waals surface area (Å²) >= 11 is 0. The highest BCUT2D eigenvalue weighted by molar-refractivity contribution is 6.06. The molecule has 0 aliphatic rings. The van der Waals surface area contributed by atoms with Gasteiger partial charge in [-0.05, 0) is 13.0 Å². The van der Waals surface area contributed by atoms with Crippen LogP contribution in [0.4, 0.5) is 13.2 Å². The summed E-state index contributed by atoms with van der Waals surface area (Å²) in [6, 6.07) is 0.384. The van der Waals surface area contributed by atoms with Gasteiger partial charge in [-0.15, -0.1) is 0 Å². The molecular formula is C12H11F3O4. The second-order valence-electron chi connectivity index (χ2n) is 3.47. The van der Waals surface area contributed by atoms with Crippen molar-refractivity contribution < 1.29 is 32.2 Å². The van der Waals surface area contributed by atoms with Gasteiger partial charge in [0.25, 0.3) is 0 Å². The summed E-state index contributed by atoms with van der Waals surface area (Å²) in [4.78, 5) is 22.7. The smallest absolute Gasteiger partial charge is 0.313 e. The van der Waals surface area contributed by atoms with Gasteiger partial charge in [-0.1, -0.05) is 0 Å². The van der Waals surface area contributed by atoms with Crippen molar-refractivity contribution in [2.75, 3.05) is 13.7 Å². The van der Waals surface area contributed by atoms with Crippen molar-refractivity contribution in [3.8, 4) is 5.75 Å². The molecule has 0 radical (unpaired) electrons. The fourth-order valence-corrected chi connectivity index (χ4v) is 1.40. The molecular weight excluding hydrogens is 265 g/mol. The SMILES string of the molecule is CCOC(=O)CC(=O)c1cc(F)c(F)c(OC)c1F. The van der Waals surface area contributed by atoms with E-state index in [0.717, 1.165) is 7.11 Å². The lowest BCUT2D eigenvalue weighted by Gasteiger charge is -2.08. The standard InChI is InChI=1S/C12H11F3O4/c1-3-19-9(17)5-8(16)6-4-7(13)11(15)12(18-2)10(6)14/h4H,3,5H2,1-2H3. The molecule has 104 valence electrons. The monoisotopic (exact) mass is 276 g/mol. The van der Waals surface area contributed by atoms with E-state index < -0.39 is 46.9 Å². The summed E-state index contributed by atoms with van der Waals surface area (Å²) in [6.07, 6.45) is -0.765. The third-order valence-corrected chi connectivity index (χ3v) is 2.23. The Bertz CT molecular complexity index is 514. The first-order chi connectivity index (χ1) is 8.92. The molecule has 0 amide bonds. The number of esters is 1. The number of carbonyl (C=O) groups is 2. The van der Waals surface area contributed by atoms with Crippen LogP contribution in [0.5, 0.6) is 5.75 Å². The molecule has 0 heterocycles. The van der Waals surface area contributed by atoms with Crippen molar-refractivity contribution in [1.29, 1.82) is 0 Å². The lowest BCUT2D eigenvalue weighted by molar-refractivity contribution is -0.141. The number of rotatable bonds is 5. The van der Waals surface area contributed by atoms with Crippen LogP contribution in [-0.2, 0) is 9.53 Å². The predicted molar refractivity (Wildman–Crippen MR) is 58.4 cm³/mol. The fourth-order valence-electron chi connectivity index (χ4n) is 1.40. The van der Waals surface area contributed by atoms with Gasteiger partial charge in [0.2, 0.25) is 5.82 Å². The second kappa shape index (κ2) is 6.21. The molecule has 4 nitrogen and oxygen atoms in total. The first-order valence-electron chi connectivity index (χ1n) is 5.32. The quantitative estimate of drug-likeness (QED) is 0.358. The number of ether oxygens (including phenoxy) is 2. The highest BCUT2D eigenvalue weighted by Crippen LogP contribution is 2.27. The van der Waals surface area contributed by atoms with Gasteiger partial charge < -0.3 is 9.47 Å². The molecule has 0 bridgehead atoms. The number of ketones is 1. The van der Waals surface area contributed by atoms with Crippen LogP contribution >= 0.6 is 0 Å². The Kier molecular flexibility index (Phi) is 4.91. The van der Waals surface area contributed by atoms with Gasteiger partial charge in [-0.3, -0.25) is 9.59 Å². The van der Waals surface area contributed by atoms with E-state index in [2.05, 4.69) is 9.47 Å². The first-order valence-corrected chi connectivity index (χ1v) is 5.32. The minimum absolute atomic E-state index is 0.0513. The topological polar surface area (TPSA) is 52.6 Å². The van der Waals surface area contributed by atoms with Crippen molar-refractivity contribution >= 4 is 11.8 Å². The van der Waals surface area contributed by atoms with Crippen LogP contribution in [0.2, 0.25) is 0 Å². The summed E-state index contributed by atoms with van der Waals surface area (Å²) in [5, 5.41) is 0. The van der Waals surface area contributed by atoms with Crippen LogP contribution in [0.1, 0.15) is 23.7 Å². The Balaban J connectivity index is 3.10. The summed E-state index contributed by atoms with van der Waals surface area (Å²) in [6.45, 7) is 1.58. The Labute approximate surface area is 107 Å². The molecule has 0 saturated carbocycles. The summed E-state index contributed by atoms with van der Waals surface area (Å²) in [5.41, 5.74) is -0.760. The largest absolute Gasteiger partial charge is 0.491 e. The molecule has 1 aromatic rings. The molecule has 0 saturated heterocycles. The highest BCUT2D eigenvalue weighted by atomic mass is 19.2. The molecule has 1 aromatic carbocycles. The maximum Gasteiger partial charge on any atom is 0.313 e. The van der Waals surface area contributed by atoms with Crippen LogP contribution < -0.4 is 4.74 Å². The third kappa shape index (κ3) is 3.24. The van der Waals surface area contributed by atoms with Crippen molar-refractivity contribution in [2.24, 2.45) is 0 Å². The maximum absolute atomic E-state index is 13.7. The molecule has 0 aromatic heterocycles. The molecule has 0 aliphatic heterocycles. The van der Waals surface area contributed by atoms with E-state index in [1.165, 1.54) is 6.92 Å². The average molecular weight is 276 g/mol. The Morgan fingerprint density at radius 3 is 2.37 bits per heavy atom. The van der Waals surface area contributed by atoms with Crippen molar-refractivity contribution in [3.63, 3.8) is 0 Å². The van der Waals surface area contributed by atoms with E-state index in [4.69, 9.17) is 0 Å². The number of Topliss-reactive ketones (excluding diaryl/α,β-unsaturated/α-hetero) is 1. The second-order valence-corrected chi connectivity index (χ2v) is 3.47. The molecule has 0 aliphatic carbocycles. The van der Waals surface area contributed by atoms with Gasteiger partial charge in [0.15, 0.2) is 23.2 Å². The number of hydrogen-bond acceptors (Lipinski definition) is 4. The van der Waals surface area contributed by atoms with Crippen molar-refractivity contribution in [1.82, 2.24) is 0 Å². The minimum Gasteiger partial charge on any atom is -0.491 e. The Hall–Kier alpha value is -2.05. The Morgan fingerprint density at radius 2 is 1.84 bits per heavy atom. The van der Waals surface area contributed by atoms with Gasteiger partial charge in [-0.2, -0.15) is 4.39 Å². The average Bonchev–Trinajstić information content (AvgIpc) is 2.34. The Morgan fingerprint density at radius 1 is 1.21 bits per heavy atom. The molecule has 0 atom stereocenters. The summed E-state index contributed by atoms with van der Waals surface area (Å²) < 4.78 is 48.8. The number of benzene rings is 1. The minimum atomic E-state index is -1.53. The first kappa shape index (κ1) is 15.0. The zero-order chi connectivity index (χ0) is 14.6. The van der Waals surface area contributed by atoms with Crippen LogP contribution in [-0.4, -0.2) is 25.5 Å². The number of hydrogen-bond donors (Lipinski definition) is 0. The van der Waals surface area contributed by atoms with E-state index in [-0.39, 0.29) is 6.61 Å². The number of halogens is 3.